The first-order valence-corrected chi connectivity index (χ1v) is 5.19. The molecule has 1 aromatic carbocycles. The molecule has 0 bridgehead atoms. The molecular formula is C12H14N4O. The van der Waals surface area contributed by atoms with Gasteiger partial charge >= 0.3 is 0 Å². The molecule has 0 saturated heterocycles. The first-order valence-electron chi connectivity index (χ1n) is 5.19. The number of benzene rings is 1. The second kappa shape index (κ2) is 4.69. The lowest BCUT2D eigenvalue weighted by Crippen LogP contribution is -1.96. The van der Waals surface area contributed by atoms with Gasteiger partial charge in [0.1, 0.15) is 5.75 Å². The smallest absolute Gasteiger partial charge is 0.221 e. The Labute approximate surface area is 99.5 Å². The van der Waals surface area contributed by atoms with Crippen molar-refractivity contribution in [2.45, 2.75) is 6.92 Å². The Hall–Kier alpha value is -2.30. The average Bonchev–Trinajstić information content (AvgIpc) is 2.66. The number of nitrogen functional groups attached to an aromatic ring is 1. The van der Waals surface area contributed by atoms with Gasteiger partial charge < -0.3 is 10.5 Å². The van der Waals surface area contributed by atoms with Gasteiger partial charge in [-0.05, 0) is 36.8 Å². The summed E-state index contributed by atoms with van der Waals surface area (Å²) in [6.07, 6.45) is 3.49. The summed E-state index contributed by atoms with van der Waals surface area (Å²) < 4.78 is 6.62. The molecule has 88 valence electrons. The van der Waals surface area contributed by atoms with Gasteiger partial charge in [-0.15, -0.1) is 0 Å². The largest absolute Gasteiger partial charge is 0.497 e. The molecule has 0 unspecified atom stereocenters. The summed E-state index contributed by atoms with van der Waals surface area (Å²) >= 11 is 0. The third-order valence-electron chi connectivity index (χ3n) is 2.28. The monoisotopic (exact) mass is 230 g/mol. The minimum absolute atomic E-state index is 0.382. The molecule has 0 radical (unpaired) electrons. The molecule has 0 aliphatic carbocycles. The molecule has 5 heteroatoms. The molecule has 0 amide bonds. The lowest BCUT2D eigenvalue weighted by molar-refractivity contribution is 0.415. The normalized spacial score (nSPS) is 10.9. The van der Waals surface area contributed by atoms with Crippen LogP contribution in [-0.4, -0.2) is 23.0 Å². The number of aromatic nitrogens is 2. The Bertz CT molecular complexity index is 528. The first-order chi connectivity index (χ1) is 8.19. The van der Waals surface area contributed by atoms with E-state index >= 15 is 0 Å². The quantitative estimate of drug-likeness (QED) is 0.815. The van der Waals surface area contributed by atoms with Gasteiger partial charge in [-0.25, -0.2) is 9.66 Å². The van der Waals surface area contributed by atoms with E-state index in [1.807, 2.05) is 31.2 Å². The van der Waals surface area contributed by atoms with Gasteiger partial charge in [0.05, 0.1) is 25.2 Å². The molecule has 0 saturated carbocycles. The van der Waals surface area contributed by atoms with Crippen LogP contribution in [-0.2, 0) is 0 Å². The number of imidazole rings is 1. The fourth-order valence-electron chi connectivity index (χ4n) is 1.42. The van der Waals surface area contributed by atoms with Crippen LogP contribution in [0.2, 0.25) is 0 Å². The van der Waals surface area contributed by atoms with E-state index in [0.717, 1.165) is 17.0 Å². The fourth-order valence-corrected chi connectivity index (χ4v) is 1.42. The van der Waals surface area contributed by atoms with E-state index in [-0.39, 0.29) is 0 Å². The van der Waals surface area contributed by atoms with E-state index < -0.39 is 0 Å². The Balaban J connectivity index is 2.17. The molecule has 1 heterocycles. The van der Waals surface area contributed by atoms with Crippen LogP contribution in [0.1, 0.15) is 11.3 Å². The van der Waals surface area contributed by atoms with Crippen molar-refractivity contribution >= 4 is 12.2 Å². The van der Waals surface area contributed by atoms with Crippen LogP contribution in [0.4, 0.5) is 5.95 Å². The zero-order valence-electron chi connectivity index (χ0n) is 9.79. The predicted molar refractivity (Wildman–Crippen MR) is 67.4 cm³/mol. The first kappa shape index (κ1) is 11.2. The maximum Gasteiger partial charge on any atom is 0.221 e. The molecule has 2 N–H and O–H groups in total. The van der Waals surface area contributed by atoms with Gasteiger partial charge in [-0.3, -0.25) is 0 Å². The highest BCUT2D eigenvalue weighted by atomic mass is 16.5. The zero-order chi connectivity index (χ0) is 12.3. The molecule has 2 aromatic rings. The summed E-state index contributed by atoms with van der Waals surface area (Å²) in [6, 6.07) is 7.60. The third kappa shape index (κ3) is 2.63. The standard InChI is InChI=1S/C12H14N4O/c1-9-8-16(12(13)15-9)14-7-10-3-5-11(17-2)6-4-10/h3-8H,1-2H3,(H2,13,15). The average molecular weight is 230 g/mol. The molecule has 0 fully saturated rings. The van der Waals surface area contributed by atoms with Gasteiger partial charge in [-0.1, -0.05) is 0 Å². The molecule has 1 aromatic heterocycles. The Morgan fingerprint density at radius 3 is 2.59 bits per heavy atom. The van der Waals surface area contributed by atoms with Crippen LogP contribution in [0.25, 0.3) is 0 Å². The predicted octanol–water partition coefficient (Wildman–Crippen LogP) is 1.66. The van der Waals surface area contributed by atoms with E-state index in [1.165, 1.54) is 0 Å². The number of nitrogens with two attached hydrogens (primary N) is 1. The van der Waals surface area contributed by atoms with Crippen molar-refractivity contribution in [3.05, 3.63) is 41.7 Å². The lowest BCUT2D eigenvalue weighted by Gasteiger charge is -1.99. The number of nitrogens with zero attached hydrogens (tertiary/aromatic N) is 3. The molecule has 17 heavy (non-hydrogen) atoms. The zero-order valence-corrected chi connectivity index (χ0v) is 9.79. The van der Waals surface area contributed by atoms with E-state index in [2.05, 4.69) is 10.1 Å². The van der Waals surface area contributed by atoms with Crippen molar-refractivity contribution in [1.29, 1.82) is 0 Å². The summed E-state index contributed by atoms with van der Waals surface area (Å²) in [4.78, 5) is 4.06. The Morgan fingerprint density at radius 1 is 1.35 bits per heavy atom. The van der Waals surface area contributed by atoms with Crippen molar-refractivity contribution in [1.82, 2.24) is 9.66 Å². The molecule has 0 aliphatic heterocycles. The minimum Gasteiger partial charge on any atom is -0.497 e. The van der Waals surface area contributed by atoms with Crippen LogP contribution < -0.4 is 10.5 Å². The van der Waals surface area contributed by atoms with Crippen LogP contribution >= 0.6 is 0 Å². The van der Waals surface area contributed by atoms with E-state index in [1.54, 1.807) is 24.2 Å². The minimum atomic E-state index is 0.382. The maximum absolute atomic E-state index is 5.67. The number of hydrogen-bond acceptors (Lipinski definition) is 4. The SMILES string of the molecule is COc1ccc(C=Nn2cc(C)nc2N)cc1. The van der Waals surface area contributed by atoms with E-state index in [9.17, 15) is 0 Å². The van der Waals surface area contributed by atoms with Gasteiger partial charge in [-0.2, -0.15) is 5.10 Å². The van der Waals surface area contributed by atoms with Crippen molar-refractivity contribution in [3.8, 4) is 5.75 Å². The van der Waals surface area contributed by atoms with Crippen LogP contribution in [0.5, 0.6) is 5.75 Å². The van der Waals surface area contributed by atoms with Crippen molar-refractivity contribution in [2.75, 3.05) is 12.8 Å². The van der Waals surface area contributed by atoms with E-state index in [0.29, 0.717) is 5.95 Å². The summed E-state index contributed by atoms with van der Waals surface area (Å²) in [7, 11) is 1.64. The molecular weight excluding hydrogens is 216 g/mol. The van der Waals surface area contributed by atoms with Gasteiger partial charge in [0.25, 0.3) is 0 Å². The van der Waals surface area contributed by atoms with Gasteiger partial charge in [0, 0.05) is 0 Å². The fraction of sp³-hybridized carbons (Fsp3) is 0.167. The number of anilines is 1. The molecule has 5 nitrogen and oxygen atoms in total. The van der Waals surface area contributed by atoms with Crippen LogP contribution in [0.3, 0.4) is 0 Å². The van der Waals surface area contributed by atoms with Crippen LogP contribution in [0.15, 0.2) is 35.6 Å². The third-order valence-corrected chi connectivity index (χ3v) is 2.28. The second-order valence-corrected chi connectivity index (χ2v) is 3.60. The Kier molecular flexibility index (Phi) is 3.09. The maximum atomic E-state index is 5.67. The summed E-state index contributed by atoms with van der Waals surface area (Å²) in [5.41, 5.74) is 7.48. The summed E-state index contributed by atoms with van der Waals surface area (Å²) in [6.45, 7) is 1.87. The highest BCUT2D eigenvalue weighted by Gasteiger charge is 1.98. The van der Waals surface area contributed by atoms with Crippen molar-refractivity contribution in [3.63, 3.8) is 0 Å². The highest BCUT2D eigenvalue weighted by Crippen LogP contribution is 2.10. The lowest BCUT2D eigenvalue weighted by atomic mass is 10.2. The summed E-state index contributed by atoms with van der Waals surface area (Å²) in [5, 5.41) is 4.22. The number of methoxy groups -OCH3 is 1. The molecule has 2 rings (SSSR count). The highest BCUT2D eigenvalue weighted by molar-refractivity contribution is 5.79. The summed E-state index contributed by atoms with van der Waals surface area (Å²) in [5.74, 6) is 1.20. The van der Waals surface area contributed by atoms with Gasteiger partial charge in [0.15, 0.2) is 0 Å². The van der Waals surface area contributed by atoms with E-state index in [4.69, 9.17) is 10.5 Å². The Morgan fingerprint density at radius 2 is 2.06 bits per heavy atom. The number of rotatable bonds is 3. The van der Waals surface area contributed by atoms with Crippen LogP contribution in [0, 0.1) is 6.92 Å². The van der Waals surface area contributed by atoms with Gasteiger partial charge in [0.2, 0.25) is 5.95 Å². The number of ether oxygens (including phenoxy) is 1. The molecule has 0 spiro atoms. The second-order valence-electron chi connectivity index (χ2n) is 3.60. The molecule has 0 atom stereocenters. The van der Waals surface area contributed by atoms with Crippen molar-refractivity contribution in [2.24, 2.45) is 5.10 Å². The number of aryl methyl sites for hydroxylation is 1. The topological polar surface area (TPSA) is 65.4 Å². The van der Waals surface area contributed by atoms with Crippen molar-refractivity contribution < 1.29 is 4.74 Å². The molecule has 0 aliphatic rings. The number of hydrogen-bond donors (Lipinski definition) is 1.